The molecule has 0 atom stereocenters. The van der Waals surface area contributed by atoms with Crippen molar-refractivity contribution in [3.8, 4) is 5.88 Å². The van der Waals surface area contributed by atoms with E-state index in [2.05, 4.69) is 34.3 Å². The number of aromatic nitrogens is 3. The van der Waals surface area contributed by atoms with E-state index in [1.54, 1.807) is 0 Å². The Morgan fingerprint density at radius 3 is 2.80 bits per heavy atom. The molecular formula is C15H22N4O. The van der Waals surface area contributed by atoms with E-state index in [0.717, 1.165) is 30.2 Å². The molecule has 0 aromatic carbocycles. The molecule has 0 aliphatic carbocycles. The number of hydrogen-bond acceptors (Lipinski definition) is 4. The molecule has 5 heteroatoms. The number of ether oxygens (including phenoxy) is 1. The maximum atomic E-state index is 5.59. The third-order valence-corrected chi connectivity index (χ3v) is 2.77. The van der Waals surface area contributed by atoms with Crippen molar-refractivity contribution in [3.63, 3.8) is 0 Å². The molecule has 0 aliphatic heterocycles. The standard InChI is InChI=1S/C15H22N4O/c1-11(2)8-16-9-13-5-4-6-14(17-13)10-20-15-7-12(3)18-19-15/h4-7,11,16H,8-10H2,1-3H3,(H,18,19). The molecule has 0 saturated heterocycles. The third-order valence-electron chi connectivity index (χ3n) is 2.77. The van der Waals surface area contributed by atoms with Gasteiger partial charge in [0.05, 0.1) is 11.4 Å². The number of aryl methyl sites for hydroxylation is 1. The zero-order valence-electron chi connectivity index (χ0n) is 12.3. The first-order valence-electron chi connectivity index (χ1n) is 6.94. The van der Waals surface area contributed by atoms with E-state index in [4.69, 9.17) is 4.74 Å². The van der Waals surface area contributed by atoms with Gasteiger partial charge in [0.25, 0.3) is 0 Å². The highest BCUT2D eigenvalue weighted by atomic mass is 16.5. The molecule has 108 valence electrons. The van der Waals surface area contributed by atoms with Crippen molar-refractivity contribution in [2.24, 2.45) is 5.92 Å². The number of rotatable bonds is 7. The van der Waals surface area contributed by atoms with Gasteiger partial charge in [0.1, 0.15) is 6.61 Å². The summed E-state index contributed by atoms with van der Waals surface area (Å²) in [5.74, 6) is 1.25. The van der Waals surface area contributed by atoms with Gasteiger partial charge in [-0.2, -0.15) is 0 Å². The lowest BCUT2D eigenvalue weighted by atomic mass is 10.2. The Bertz CT molecular complexity index is 536. The minimum Gasteiger partial charge on any atom is -0.470 e. The number of nitrogens with zero attached hydrogens (tertiary/aromatic N) is 2. The smallest absolute Gasteiger partial charge is 0.233 e. The predicted octanol–water partition coefficient (Wildman–Crippen LogP) is 2.44. The van der Waals surface area contributed by atoms with Gasteiger partial charge in [0.2, 0.25) is 5.88 Å². The van der Waals surface area contributed by atoms with Gasteiger partial charge in [0.15, 0.2) is 0 Å². The highest BCUT2D eigenvalue weighted by Gasteiger charge is 2.02. The van der Waals surface area contributed by atoms with Crippen molar-refractivity contribution in [2.45, 2.75) is 33.9 Å². The predicted molar refractivity (Wildman–Crippen MR) is 78.4 cm³/mol. The van der Waals surface area contributed by atoms with Crippen molar-refractivity contribution >= 4 is 0 Å². The monoisotopic (exact) mass is 274 g/mol. The number of H-pyrrole nitrogens is 1. The van der Waals surface area contributed by atoms with Gasteiger partial charge >= 0.3 is 0 Å². The number of aromatic amines is 1. The molecule has 2 heterocycles. The van der Waals surface area contributed by atoms with Crippen LogP contribution >= 0.6 is 0 Å². The SMILES string of the molecule is Cc1cc(OCc2cccc(CNCC(C)C)n2)n[nH]1. The quantitative estimate of drug-likeness (QED) is 0.814. The molecule has 5 nitrogen and oxygen atoms in total. The van der Waals surface area contributed by atoms with E-state index in [1.165, 1.54) is 0 Å². The lowest BCUT2D eigenvalue weighted by Crippen LogP contribution is -2.19. The van der Waals surface area contributed by atoms with Crippen LogP contribution in [0.4, 0.5) is 0 Å². The highest BCUT2D eigenvalue weighted by Crippen LogP contribution is 2.09. The Morgan fingerprint density at radius 1 is 1.30 bits per heavy atom. The summed E-state index contributed by atoms with van der Waals surface area (Å²) in [6.45, 7) is 8.54. The van der Waals surface area contributed by atoms with Crippen LogP contribution in [-0.4, -0.2) is 21.7 Å². The van der Waals surface area contributed by atoms with Crippen LogP contribution in [0.2, 0.25) is 0 Å². The van der Waals surface area contributed by atoms with Gasteiger partial charge in [-0.1, -0.05) is 19.9 Å². The van der Waals surface area contributed by atoms with Gasteiger partial charge in [-0.15, -0.1) is 5.10 Å². The first-order valence-corrected chi connectivity index (χ1v) is 6.94. The first kappa shape index (κ1) is 14.5. The van der Waals surface area contributed by atoms with Crippen LogP contribution in [0.5, 0.6) is 5.88 Å². The molecule has 0 saturated carbocycles. The molecule has 2 N–H and O–H groups in total. The van der Waals surface area contributed by atoms with Gasteiger partial charge in [-0.3, -0.25) is 10.1 Å². The second-order valence-corrected chi connectivity index (χ2v) is 5.32. The summed E-state index contributed by atoms with van der Waals surface area (Å²) >= 11 is 0. The van der Waals surface area contributed by atoms with E-state index in [1.807, 2.05) is 31.2 Å². The molecule has 20 heavy (non-hydrogen) atoms. The van der Waals surface area contributed by atoms with E-state index >= 15 is 0 Å². The summed E-state index contributed by atoms with van der Waals surface area (Å²) in [6.07, 6.45) is 0. The Hall–Kier alpha value is -1.88. The molecule has 2 aromatic heterocycles. The summed E-state index contributed by atoms with van der Waals surface area (Å²) in [6, 6.07) is 7.86. The molecule has 0 aliphatic rings. The Morgan fingerprint density at radius 2 is 2.10 bits per heavy atom. The zero-order valence-corrected chi connectivity index (χ0v) is 12.3. The molecule has 0 spiro atoms. The average Bonchev–Trinajstić information content (AvgIpc) is 2.82. The average molecular weight is 274 g/mol. The molecule has 2 rings (SSSR count). The van der Waals surface area contributed by atoms with E-state index < -0.39 is 0 Å². The minimum absolute atomic E-state index is 0.433. The van der Waals surface area contributed by atoms with Crippen LogP contribution in [0, 0.1) is 12.8 Å². The molecule has 0 amide bonds. The lowest BCUT2D eigenvalue weighted by Gasteiger charge is -2.08. The number of hydrogen-bond donors (Lipinski definition) is 2. The van der Waals surface area contributed by atoms with E-state index in [-0.39, 0.29) is 0 Å². The summed E-state index contributed by atoms with van der Waals surface area (Å²) in [7, 11) is 0. The first-order chi connectivity index (χ1) is 9.63. The fourth-order valence-electron chi connectivity index (χ4n) is 1.81. The summed E-state index contributed by atoms with van der Waals surface area (Å²) in [5.41, 5.74) is 2.93. The Balaban J connectivity index is 1.85. The zero-order chi connectivity index (χ0) is 14.4. The number of pyridine rings is 1. The van der Waals surface area contributed by atoms with Crippen LogP contribution in [0.15, 0.2) is 24.3 Å². The second kappa shape index (κ2) is 7.05. The molecule has 0 bridgehead atoms. The van der Waals surface area contributed by atoms with Crippen molar-refractivity contribution in [3.05, 3.63) is 41.3 Å². The normalized spacial score (nSPS) is 11.0. The van der Waals surface area contributed by atoms with Gasteiger partial charge in [0, 0.05) is 18.3 Å². The molecule has 0 fully saturated rings. The second-order valence-electron chi connectivity index (χ2n) is 5.32. The van der Waals surface area contributed by atoms with Gasteiger partial charge in [-0.25, -0.2) is 0 Å². The van der Waals surface area contributed by atoms with Gasteiger partial charge in [-0.05, 0) is 31.5 Å². The van der Waals surface area contributed by atoms with Crippen LogP contribution in [0.1, 0.15) is 30.9 Å². The molecule has 0 unspecified atom stereocenters. The van der Waals surface area contributed by atoms with Crippen LogP contribution in [0.3, 0.4) is 0 Å². The van der Waals surface area contributed by atoms with Crippen LogP contribution < -0.4 is 10.1 Å². The maximum Gasteiger partial charge on any atom is 0.233 e. The molecule has 2 aromatic rings. The van der Waals surface area contributed by atoms with E-state index in [9.17, 15) is 0 Å². The largest absolute Gasteiger partial charge is 0.470 e. The summed E-state index contributed by atoms with van der Waals surface area (Å²) < 4.78 is 5.59. The molecule has 0 radical (unpaired) electrons. The minimum atomic E-state index is 0.433. The fourth-order valence-corrected chi connectivity index (χ4v) is 1.81. The summed E-state index contributed by atoms with van der Waals surface area (Å²) in [4.78, 5) is 4.57. The third kappa shape index (κ3) is 4.66. The Labute approximate surface area is 119 Å². The number of nitrogens with one attached hydrogen (secondary N) is 2. The van der Waals surface area contributed by atoms with Crippen molar-refractivity contribution < 1.29 is 4.74 Å². The summed E-state index contributed by atoms with van der Waals surface area (Å²) in [5, 5.41) is 10.3. The highest BCUT2D eigenvalue weighted by molar-refractivity contribution is 5.14. The van der Waals surface area contributed by atoms with Crippen molar-refractivity contribution in [1.29, 1.82) is 0 Å². The van der Waals surface area contributed by atoms with Crippen molar-refractivity contribution in [1.82, 2.24) is 20.5 Å². The van der Waals surface area contributed by atoms with Crippen LogP contribution in [-0.2, 0) is 13.2 Å². The fraction of sp³-hybridized carbons (Fsp3) is 0.467. The van der Waals surface area contributed by atoms with Gasteiger partial charge < -0.3 is 10.1 Å². The lowest BCUT2D eigenvalue weighted by molar-refractivity contribution is 0.288. The molecular weight excluding hydrogens is 252 g/mol. The van der Waals surface area contributed by atoms with E-state index in [0.29, 0.717) is 18.4 Å². The van der Waals surface area contributed by atoms with Crippen molar-refractivity contribution in [2.75, 3.05) is 6.54 Å². The topological polar surface area (TPSA) is 62.8 Å². The maximum absolute atomic E-state index is 5.59. The Kier molecular flexibility index (Phi) is 5.12. The van der Waals surface area contributed by atoms with Crippen LogP contribution in [0.25, 0.3) is 0 Å².